The van der Waals surface area contributed by atoms with Crippen LogP contribution in [0.2, 0.25) is 0 Å². The highest BCUT2D eigenvalue weighted by atomic mass is 32.1. The van der Waals surface area contributed by atoms with E-state index in [1.165, 1.54) is 46.9 Å². The number of fused-ring (bicyclic) bond motifs is 9. The van der Waals surface area contributed by atoms with E-state index in [0.29, 0.717) is 21.5 Å². The Labute approximate surface area is 174 Å². The number of hydrogen-bond acceptors (Lipinski definition) is 6. The standard InChI is InChI=1S/C22H6F2N4S2/c23-9-1-3-11-13(5-9)17(27-7-25)19-15(11)21-22(29-19)16-12-4-2-10(24)6-14(12)18(28-8-26)20(16)30-21/h1-6H. The van der Waals surface area contributed by atoms with E-state index in [0.717, 1.165) is 40.3 Å². The third-order valence-electron chi connectivity index (χ3n) is 5.29. The van der Waals surface area contributed by atoms with Gasteiger partial charge in [-0.05, 0) is 35.0 Å². The zero-order valence-electron chi connectivity index (χ0n) is 14.8. The van der Waals surface area contributed by atoms with E-state index in [1.807, 2.05) is 12.4 Å². The van der Waals surface area contributed by atoms with Crippen molar-refractivity contribution in [1.29, 1.82) is 10.5 Å². The molecule has 0 saturated heterocycles. The minimum atomic E-state index is -0.390. The molecule has 0 aliphatic heterocycles. The molecule has 0 amide bonds. The van der Waals surface area contributed by atoms with E-state index in [2.05, 4.69) is 9.98 Å². The van der Waals surface area contributed by atoms with Gasteiger partial charge in [-0.3, -0.25) is 0 Å². The van der Waals surface area contributed by atoms with Crippen LogP contribution in [-0.4, -0.2) is 0 Å². The highest BCUT2D eigenvalue weighted by Gasteiger charge is 2.22. The van der Waals surface area contributed by atoms with Crippen molar-refractivity contribution in [3.63, 3.8) is 0 Å². The van der Waals surface area contributed by atoms with E-state index in [1.54, 1.807) is 12.1 Å². The van der Waals surface area contributed by atoms with Gasteiger partial charge in [0.15, 0.2) is 0 Å². The lowest BCUT2D eigenvalue weighted by atomic mass is 10.1. The van der Waals surface area contributed by atoms with Crippen LogP contribution in [0.5, 0.6) is 0 Å². The Morgan fingerprint density at radius 1 is 0.633 bits per heavy atom. The summed E-state index contributed by atoms with van der Waals surface area (Å²) in [6.07, 6.45) is 3.65. The van der Waals surface area contributed by atoms with Crippen molar-refractivity contribution in [2.45, 2.75) is 0 Å². The molecule has 0 N–H and O–H groups in total. The second kappa shape index (κ2) is 5.90. The highest BCUT2D eigenvalue weighted by Crippen LogP contribution is 2.47. The van der Waals surface area contributed by atoms with E-state index >= 15 is 0 Å². The first kappa shape index (κ1) is 17.2. The maximum Gasteiger partial charge on any atom is 0.206 e. The molecule has 4 nitrogen and oxygen atoms in total. The maximum absolute atomic E-state index is 13.9. The lowest BCUT2D eigenvalue weighted by molar-refractivity contribution is 0.629. The van der Waals surface area contributed by atoms with Crippen LogP contribution in [0.25, 0.3) is 51.1 Å². The molecule has 0 bridgehead atoms. The molecule has 2 aromatic heterocycles. The molecular formula is C22H6F2N4S2. The van der Waals surface area contributed by atoms with Crippen LogP contribution in [0.15, 0.2) is 46.4 Å². The van der Waals surface area contributed by atoms with Gasteiger partial charge in [0.05, 0.1) is 18.8 Å². The Morgan fingerprint density at radius 3 is 1.47 bits per heavy atom. The van der Waals surface area contributed by atoms with E-state index in [-0.39, 0.29) is 11.6 Å². The molecule has 0 aliphatic rings. The number of nitriles is 2. The third kappa shape index (κ3) is 2.04. The van der Waals surface area contributed by atoms with Crippen LogP contribution < -0.4 is 10.7 Å². The predicted molar refractivity (Wildman–Crippen MR) is 114 cm³/mol. The number of benzene rings is 2. The van der Waals surface area contributed by atoms with Crippen LogP contribution in [0.1, 0.15) is 0 Å². The molecule has 0 fully saturated rings. The van der Waals surface area contributed by atoms with Crippen LogP contribution in [-0.2, 0) is 0 Å². The average molecular weight is 428 g/mol. The lowest BCUT2D eigenvalue weighted by Crippen LogP contribution is -1.96. The zero-order valence-corrected chi connectivity index (χ0v) is 16.5. The summed E-state index contributed by atoms with van der Waals surface area (Å²) in [7, 11) is 0. The molecule has 0 aliphatic carbocycles. The predicted octanol–water partition coefficient (Wildman–Crippen LogP) is 5.49. The number of hydrogen-bond donors (Lipinski definition) is 0. The molecule has 6 aromatic rings. The molecule has 4 aromatic carbocycles. The van der Waals surface area contributed by atoms with Crippen molar-refractivity contribution in [3.8, 4) is 12.4 Å². The summed E-state index contributed by atoms with van der Waals surface area (Å²) in [6.45, 7) is 0. The molecule has 8 heteroatoms. The first-order chi connectivity index (χ1) is 14.6. The van der Waals surface area contributed by atoms with Crippen molar-refractivity contribution >= 4 is 73.8 Å². The van der Waals surface area contributed by atoms with Crippen LogP contribution in [0.3, 0.4) is 0 Å². The zero-order chi connectivity index (χ0) is 20.6. The van der Waals surface area contributed by atoms with Crippen molar-refractivity contribution in [1.82, 2.24) is 0 Å². The Kier molecular flexibility index (Phi) is 3.37. The second-order valence-corrected chi connectivity index (χ2v) is 8.81. The lowest BCUT2D eigenvalue weighted by Gasteiger charge is -1.93. The van der Waals surface area contributed by atoms with E-state index < -0.39 is 0 Å². The van der Waals surface area contributed by atoms with Gasteiger partial charge in [0.25, 0.3) is 0 Å². The molecule has 0 saturated carbocycles. The summed E-state index contributed by atoms with van der Waals surface area (Å²) in [5.74, 6) is -0.780. The van der Waals surface area contributed by atoms with Crippen molar-refractivity contribution in [3.05, 3.63) is 58.7 Å². The summed E-state index contributed by atoms with van der Waals surface area (Å²) in [5, 5.41) is 23.9. The Bertz CT molecular complexity index is 1760. The van der Waals surface area contributed by atoms with Crippen LogP contribution in [0, 0.1) is 34.5 Å². The van der Waals surface area contributed by atoms with Crippen molar-refractivity contribution in [2.75, 3.05) is 0 Å². The Morgan fingerprint density at radius 2 is 1.07 bits per heavy atom. The van der Waals surface area contributed by atoms with Crippen LogP contribution >= 0.6 is 22.7 Å². The summed E-state index contributed by atoms with van der Waals surface area (Å²) >= 11 is 2.94. The fourth-order valence-corrected chi connectivity index (χ4v) is 7.12. The summed E-state index contributed by atoms with van der Waals surface area (Å²) in [5.41, 5.74) is 0. The van der Waals surface area contributed by atoms with Gasteiger partial charge in [-0.1, -0.05) is 12.1 Å². The number of thiophene rings is 2. The van der Waals surface area contributed by atoms with E-state index in [9.17, 15) is 19.3 Å². The SMILES string of the molecule is N#CN=c1c2cc(F)ccc2c2c1sc1c2sc2c(=NC#N)c3cc(F)ccc3c21. The van der Waals surface area contributed by atoms with Gasteiger partial charge in [-0.2, -0.15) is 20.5 Å². The largest absolute Gasteiger partial charge is 0.207 e. The molecule has 140 valence electrons. The highest BCUT2D eigenvalue weighted by molar-refractivity contribution is 7.37. The molecule has 0 atom stereocenters. The molecule has 2 heterocycles. The van der Waals surface area contributed by atoms with E-state index in [4.69, 9.17) is 0 Å². The number of halogens is 2. The molecule has 0 radical (unpaired) electrons. The van der Waals surface area contributed by atoms with Gasteiger partial charge in [-0.15, -0.1) is 22.7 Å². The van der Waals surface area contributed by atoms with Gasteiger partial charge in [-0.25, -0.2) is 8.78 Å². The summed E-state index contributed by atoms with van der Waals surface area (Å²) in [4.78, 5) is 7.94. The van der Waals surface area contributed by atoms with Gasteiger partial charge in [0, 0.05) is 21.5 Å². The molecular weight excluding hydrogens is 422 g/mol. The first-order valence-electron chi connectivity index (χ1n) is 8.76. The normalized spacial score (nSPS) is 13.3. The third-order valence-corrected chi connectivity index (χ3v) is 7.85. The van der Waals surface area contributed by atoms with Crippen molar-refractivity contribution < 1.29 is 8.78 Å². The monoisotopic (exact) mass is 428 g/mol. The Hall–Kier alpha value is -3.72. The second-order valence-electron chi connectivity index (χ2n) is 6.77. The maximum atomic E-state index is 13.9. The average Bonchev–Trinajstić information content (AvgIpc) is 3.41. The van der Waals surface area contributed by atoms with Gasteiger partial charge >= 0.3 is 0 Å². The summed E-state index contributed by atoms with van der Waals surface area (Å²) < 4.78 is 31.3. The quantitative estimate of drug-likeness (QED) is 0.300. The fraction of sp³-hybridized carbons (Fsp3) is 0. The van der Waals surface area contributed by atoms with Gasteiger partial charge in [0.1, 0.15) is 22.3 Å². The van der Waals surface area contributed by atoms with Crippen LogP contribution in [0.4, 0.5) is 8.78 Å². The van der Waals surface area contributed by atoms with Gasteiger partial charge < -0.3 is 0 Å². The minimum absolute atomic E-state index is 0.390. The van der Waals surface area contributed by atoms with Gasteiger partial charge in [0.2, 0.25) is 12.4 Å². The number of rotatable bonds is 0. The minimum Gasteiger partial charge on any atom is -0.207 e. The summed E-state index contributed by atoms with van der Waals surface area (Å²) in [6, 6.07) is 8.98. The van der Waals surface area contributed by atoms with Crippen molar-refractivity contribution in [2.24, 2.45) is 9.98 Å². The number of nitrogens with zero attached hydrogens (tertiary/aromatic N) is 4. The Balaban J connectivity index is 1.92. The molecule has 0 spiro atoms. The smallest absolute Gasteiger partial charge is 0.206 e. The topological polar surface area (TPSA) is 72.3 Å². The first-order valence-corrected chi connectivity index (χ1v) is 10.4. The molecule has 6 rings (SSSR count). The molecule has 0 unspecified atom stereocenters. The molecule has 30 heavy (non-hydrogen) atoms. The fourth-order valence-electron chi connectivity index (χ4n) is 4.18.